The molecule has 1 aromatic carbocycles. The van der Waals surface area contributed by atoms with E-state index in [1.807, 2.05) is 20.8 Å². The Kier molecular flexibility index (Phi) is 7.45. The first kappa shape index (κ1) is 21.5. The van der Waals surface area contributed by atoms with E-state index in [9.17, 15) is 13.2 Å². The lowest BCUT2D eigenvalue weighted by molar-refractivity contribution is -0.114. The van der Waals surface area contributed by atoms with Crippen molar-refractivity contribution >= 4 is 49.8 Å². The first-order valence-electron chi connectivity index (χ1n) is 8.19. The fraction of sp³-hybridized carbons (Fsp3) is 0.438. The van der Waals surface area contributed by atoms with Gasteiger partial charge in [0, 0.05) is 6.07 Å². The summed E-state index contributed by atoms with van der Waals surface area (Å²) in [5.41, 5.74) is 0.352. The summed E-state index contributed by atoms with van der Waals surface area (Å²) in [7, 11) is -3.67. The second-order valence-corrected chi connectivity index (χ2v) is 10.2. The SMILES string of the molecule is CCSc1nnc(NC(=O)CN(c2cccc(OC(C)C)c2)S(C)(=O)=O)s1. The Labute approximate surface area is 167 Å². The second kappa shape index (κ2) is 9.38. The van der Waals surface area contributed by atoms with E-state index in [1.54, 1.807) is 24.3 Å². The molecule has 0 spiro atoms. The number of ether oxygens (including phenoxy) is 1. The molecule has 1 aromatic heterocycles. The molecule has 2 rings (SSSR count). The predicted molar refractivity (Wildman–Crippen MR) is 109 cm³/mol. The van der Waals surface area contributed by atoms with Crippen molar-refractivity contribution in [2.45, 2.75) is 31.2 Å². The third-order valence-electron chi connectivity index (χ3n) is 3.09. The fourth-order valence-corrected chi connectivity index (χ4v) is 4.63. The molecule has 0 fully saturated rings. The van der Waals surface area contributed by atoms with Gasteiger partial charge in [-0.2, -0.15) is 0 Å². The van der Waals surface area contributed by atoms with Crippen molar-refractivity contribution in [1.29, 1.82) is 0 Å². The van der Waals surface area contributed by atoms with Gasteiger partial charge in [0.15, 0.2) is 4.34 Å². The van der Waals surface area contributed by atoms with Gasteiger partial charge in [0.05, 0.1) is 18.0 Å². The molecule has 1 amide bonds. The smallest absolute Gasteiger partial charge is 0.246 e. The molecule has 0 saturated heterocycles. The van der Waals surface area contributed by atoms with Crippen LogP contribution in [0.3, 0.4) is 0 Å². The Morgan fingerprint density at radius 1 is 1.37 bits per heavy atom. The molecule has 0 saturated carbocycles. The van der Waals surface area contributed by atoms with Crippen LogP contribution in [0.5, 0.6) is 5.75 Å². The fourth-order valence-electron chi connectivity index (χ4n) is 2.12. The molecule has 8 nitrogen and oxygen atoms in total. The number of carbonyl (C=O) groups excluding carboxylic acids is 1. The predicted octanol–water partition coefficient (Wildman–Crippen LogP) is 2.84. The van der Waals surface area contributed by atoms with E-state index in [1.165, 1.54) is 23.1 Å². The van der Waals surface area contributed by atoms with Gasteiger partial charge in [-0.05, 0) is 31.7 Å². The lowest BCUT2D eigenvalue weighted by Crippen LogP contribution is -2.37. The maximum Gasteiger partial charge on any atom is 0.246 e. The van der Waals surface area contributed by atoms with Crippen LogP contribution in [0.15, 0.2) is 28.6 Å². The zero-order valence-electron chi connectivity index (χ0n) is 15.5. The van der Waals surface area contributed by atoms with Crippen molar-refractivity contribution in [2.24, 2.45) is 0 Å². The average Bonchev–Trinajstić information content (AvgIpc) is 2.98. The van der Waals surface area contributed by atoms with Gasteiger partial charge in [0.2, 0.25) is 21.1 Å². The van der Waals surface area contributed by atoms with Gasteiger partial charge in [0.1, 0.15) is 12.3 Å². The number of hydrogen-bond donors (Lipinski definition) is 1. The first-order valence-corrected chi connectivity index (χ1v) is 11.8. The average molecular weight is 431 g/mol. The van der Waals surface area contributed by atoms with E-state index < -0.39 is 15.9 Å². The first-order chi connectivity index (χ1) is 12.7. The summed E-state index contributed by atoms with van der Waals surface area (Å²) in [5.74, 6) is 0.876. The van der Waals surface area contributed by atoms with Crippen LogP contribution < -0.4 is 14.4 Å². The van der Waals surface area contributed by atoms with Crippen molar-refractivity contribution in [3.8, 4) is 5.75 Å². The van der Waals surface area contributed by atoms with Crippen LogP contribution >= 0.6 is 23.1 Å². The van der Waals surface area contributed by atoms with E-state index in [0.29, 0.717) is 16.6 Å². The van der Waals surface area contributed by atoms with E-state index in [2.05, 4.69) is 15.5 Å². The number of sulfonamides is 1. The molecule has 148 valence electrons. The highest BCUT2D eigenvalue weighted by Crippen LogP contribution is 2.26. The molecule has 0 aliphatic carbocycles. The van der Waals surface area contributed by atoms with Crippen LogP contribution in [0.4, 0.5) is 10.8 Å². The lowest BCUT2D eigenvalue weighted by atomic mass is 10.3. The van der Waals surface area contributed by atoms with Crippen molar-refractivity contribution in [1.82, 2.24) is 10.2 Å². The molecule has 0 aliphatic rings. The molecule has 1 N–H and O–H groups in total. The summed E-state index contributed by atoms with van der Waals surface area (Å²) >= 11 is 2.76. The Morgan fingerprint density at radius 3 is 2.74 bits per heavy atom. The van der Waals surface area contributed by atoms with Crippen molar-refractivity contribution in [2.75, 3.05) is 28.2 Å². The normalized spacial score (nSPS) is 11.4. The van der Waals surface area contributed by atoms with Crippen LogP contribution in [0.1, 0.15) is 20.8 Å². The summed E-state index contributed by atoms with van der Waals surface area (Å²) in [6.45, 7) is 5.37. The number of rotatable bonds is 9. The number of benzene rings is 1. The third kappa shape index (κ3) is 6.67. The summed E-state index contributed by atoms with van der Waals surface area (Å²) in [5, 5.41) is 10.8. The highest BCUT2D eigenvalue weighted by molar-refractivity contribution is 8.01. The van der Waals surface area contributed by atoms with Gasteiger partial charge in [-0.15, -0.1) is 10.2 Å². The van der Waals surface area contributed by atoms with E-state index >= 15 is 0 Å². The number of hydrogen-bond acceptors (Lipinski definition) is 8. The summed E-state index contributed by atoms with van der Waals surface area (Å²) < 4.78 is 31.8. The molecular weight excluding hydrogens is 408 g/mol. The Hall–Kier alpha value is -1.85. The monoisotopic (exact) mass is 430 g/mol. The van der Waals surface area contributed by atoms with Gasteiger partial charge < -0.3 is 4.74 Å². The molecule has 0 bridgehead atoms. The van der Waals surface area contributed by atoms with Crippen LogP contribution in [0, 0.1) is 0 Å². The van der Waals surface area contributed by atoms with Gasteiger partial charge >= 0.3 is 0 Å². The third-order valence-corrected chi connectivity index (χ3v) is 6.08. The summed E-state index contributed by atoms with van der Waals surface area (Å²) in [6.07, 6.45) is 1.000. The maximum absolute atomic E-state index is 12.4. The largest absolute Gasteiger partial charge is 0.491 e. The highest BCUT2D eigenvalue weighted by atomic mass is 32.2. The zero-order valence-corrected chi connectivity index (χ0v) is 17.9. The minimum absolute atomic E-state index is 0.0529. The van der Waals surface area contributed by atoms with Crippen molar-refractivity contribution in [3.05, 3.63) is 24.3 Å². The molecule has 0 unspecified atom stereocenters. The number of amides is 1. The van der Waals surface area contributed by atoms with Crippen LogP contribution in [0.25, 0.3) is 0 Å². The molecule has 2 aromatic rings. The number of anilines is 2. The second-order valence-electron chi connectivity index (χ2n) is 5.79. The Morgan fingerprint density at radius 2 is 2.11 bits per heavy atom. The minimum Gasteiger partial charge on any atom is -0.491 e. The van der Waals surface area contributed by atoms with Crippen molar-refractivity contribution < 1.29 is 17.9 Å². The molecule has 0 aliphatic heterocycles. The molecular formula is C16H22N4O4S3. The van der Waals surface area contributed by atoms with Crippen LogP contribution in [0.2, 0.25) is 0 Å². The molecule has 0 atom stereocenters. The minimum atomic E-state index is -3.67. The Balaban J connectivity index is 2.16. The number of nitrogens with one attached hydrogen (secondary N) is 1. The van der Waals surface area contributed by atoms with Gasteiger partial charge in [0.25, 0.3) is 0 Å². The topological polar surface area (TPSA) is 101 Å². The van der Waals surface area contributed by atoms with Gasteiger partial charge in [-0.3, -0.25) is 14.4 Å². The lowest BCUT2D eigenvalue weighted by Gasteiger charge is -2.22. The van der Waals surface area contributed by atoms with E-state index in [-0.39, 0.29) is 12.6 Å². The molecule has 1 heterocycles. The molecule has 0 radical (unpaired) electrons. The summed E-state index contributed by atoms with van der Waals surface area (Å²) in [4.78, 5) is 12.4. The van der Waals surface area contributed by atoms with Crippen LogP contribution in [-0.2, 0) is 14.8 Å². The highest BCUT2D eigenvalue weighted by Gasteiger charge is 2.22. The quantitative estimate of drug-likeness (QED) is 0.482. The zero-order chi connectivity index (χ0) is 20.0. The van der Waals surface area contributed by atoms with Gasteiger partial charge in [-0.1, -0.05) is 36.1 Å². The van der Waals surface area contributed by atoms with E-state index in [0.717, 1.165) is 20.7 Å². The number of nitrogens with zero attached hydrogens (tertiary/aromatic N) is 3. The van der Waals surface area contributed by atoms with Crippen molar-refractivity contribution in [3.63, 3.8) is 0 Å². The van der Waals surface area contributed by atoms with Crippen LogP contribution in [-0.4, -0.2) is 49.2 Å². The number of thioether (sulfide) groups is 1. The number of carbonyl (C=O) groups is 1. The molecule has 11 heteroatoms. The summed E-state index contributed by atoms with van der Waals surface area (Å²) in [6, 6.07) is 6.62. The maximum atomic E-state index is 12.4. The Bertz CT molecular complexity index is 883. The standard InChI is InChI=1S/C16H22N4O4S3/c1-5-25-16-19-18-15(26-16)17-14(21)10-20(27(4,22)23)12-7-6-8-13(9-12)24-11(2)3/h6-9,11H,5,10H2,1-4H3,(H,17,18,21). The van der Waals surface area contributed by atoms with E-state index in [4.69, 9.17) is 4.74 Å². The number of aromatic nitrogens is 2. The molecule has 27 heavy (non-hydrogen) atoms. The van der Waals surface area contributed by atoms with Gasteiger partial charge in [-0.25, -0.2) is 8.42 Å².